The van der Waals surface area contributed by atoms with Gasteiger partial charge in [-0.05, 0) is 48.3 Å². The molecule has 1 heterocycles. The highest BCUT2D eigenvalue weighted by Crippen LogP contribution is 2.24. The minimum Gasteiger partial charge on any atom is -0.327 e. The summed E-state index contributed by atoms with van der Waals surface area (Å²) in [5, 5.41) is 4.43. The Bertz CT molecular complexity index is 393. The molecule has 0 saturated carbocycles. The molecule has 0 aliphatic carbocycles. The maximum absolute atomic E-state index is 6.24. The number of nitrogens with two attached hydrogens (primary N) is 1. The Morgan fingerprint density at radius 2 is 2.05 bits per heavy atom. The number of hydrogen-bond acceptors (Lipinski definition) is 3. The molecule has 110 valence electrons. The zero-order valence-corrected chi connectivity index (χ0v) is 14.4. The molecule has 0 radical (unpaired) electrons. The van der Waals surface area contributed by atoms with Gasteiger partial charge in [-0.3, -0.25) is 4.68 Å². The van der Waals surface area contributed by atoms with Crippen LogP contribution in [0.2, 0.25) is 0 Å². The summed E-state index contributed by atoms with van der Waals surface area (Å²) in [4.78, 5) is 2.17. The number of aromatic nitrogens is 2. The van der Waals surface area contributed by atoms with E-state index in [0.29, 0.717) is 0 Å². The van der Waals surface area contributed by atoms with Crippen LogP contribution >= 0.6 is 15.9 Å². The highest BCUT2D eigenvalue weighted by atomic mass is 79.9. The standard InChI is InChI=1S/C14H27BrN4/c1-14(2,3)13(16)7-6-12-11(15)10-17-19(12)9-8-18(4)5/h10,13H,6-9,16H2,1-5H3. The van der Waals surface area contributed by atoms with Gasteiger partial charge in [0.25, 0.3) is 0 Å². The molecule has 4 nitrogen and oxygen atoms in total. The van der Waals surface area contributed by atoms with Crippen LogP contribution in [0.3, 0.4) is 0 Å². The number of hydrogen-bond donors (Lipinski definition) is 1. The van der Waals surface area contributed by atoms with Gasteiger partial charge < -0.3 is 10.6 Å². The molecule has 0 aliphatic rings. The number of likely N-dealkylation sites (N-methyl/N-ethyl adjacent to an activating group) is 1. The smallest absolute Gasteiger partial charge is 0.0635 e. The van der Waals surface area contributed by atoms with Crippen molar-refractivity contribution in [1.82, 2.24) is 14.7 Å². The van der Waals surface area contributed by atoms with Crippen LogP contribution in [0.25, 0.3) is 0 Å². The first kappa shape index (κ1) is 16.7. The maximum atomic E-state index is 6.24. The Morgan fingerprint density at radius 3 is 2.58 bits per heavy atom. The van der Waals surface area contributed by atoms with Crippen LogP contribution < -0.4 is 5.73 Å². The van der Waals surface area contributed by atoms with Crippen molar-refractivity contribution in [3.8, 4) is 0 Å². The second-order valence-electron chi connectivity index (χ2n) is 6.48. The fraction of sp³-hybridized carbons (Fsp3) is 0.786. The van der Waals surface area contributed by atoms with Gasteiger partial charge in [0.1, 0.15) is 0 Å². The zero-order valence-electron chi connectivity index (χ0n) is 12.8. The molecule has 0 fully saturated rings. The third-order valence-corrected chi connectivity index (χ3v) is 4.12. The second kappa shape index (κ2) is 6.86. The first-order chi connectivity index (χ1) is 8.71. The van der Waals surface area contributed by atoms with Crippen molar-refractivity contribution in [2.45, 2.75) is 46.2 Å². The highest BCUT2D eigenvalue weighted by Gasteiger charge is 2.21. The fourth-order valence-corrected chi connectivity index (χ4v) is 2.34. The summed E-state index contributed by atoms with van der Waals surface area (Å²) in [6.45, 7) is 8.48. The summed E-state index contributed by atoms with van der Waals surface area (Å²) in [7, 11) is 4.15. The first-order valence-electron chi connectivity index (χ1n) is 6.82. The first-order valence-corrected chi connectivity index (χ1v) is 7.61. The monoisotopic (exact) mass is 330 g/mol. The van der Waals surface area contributed by atoms with Crippen molar-refractivity contribution in [3.63, 3.8) is 0 Å². The van der Waals surface area contributed by atoms with Gasteiger partial charge in [0.05, 0.1) is 22.9 Å². The highest BCUT2D eigenvalue weighted by molar-refractivity contribution is 9.10. The summed E-state index contributed by atoms with van der Waals surface area (Å²) in [6, 6.07) is 0.205. The summed E-state index contributed by atoms with van der Waals surface area (Å²) in [6.07, 6.45) is 3.83. The van der Waals surface area contributed by atoms with Gasteiger partial charge in [-0.15, -0.1) is 0 Å². The van der Waals surface area contributed by atoms with Crippen molar-refractivity contribution < 1.29 is 0 Å². The van der Waals surface area contributed by atoms with Crippen LogP contribution in [0, 0.1) is 5.41 Å². The Hall–Kier alpha value is -0.390. The van der Waals surface area contributed by atoms with E-state index in [4.69, 9.17) is 5.73 Å². The molecular weight excluding hydrogens is 304 g/mol. The molecule has 1 aromatic heterocycles. The molecule has 0 aromatic carbocycles. The lowest BCUT2D eigenvalue weighted by Crippen LogP contribution is -2.35. The molecular formula is C14H27BrN4. The van der Waals surface area contributed by atoms with Gasteiger partial charge in [-0.1, -0.05) is 20.8 Å². The molecule has 0 bridgehead atoms. The van der Waals surface area contributed by atoms with E-state index in [1.165, 1.54) is 5.69 Å². The Labute approximate surface area is 125 Å². The van der Waals surface area contributed by atoms with Crippen LogP contribution in [-0.4, -0.2) is 41.4 Å². The average Bonchev–Trinajstić information content (AvgIpc) is 2.63. The predicted octanol–water partition coefficient (Wildman–Crippen LogP) is 2.51. The summed E-state index contributed by atoms with van der Waals surface area (Å²) >= 11 is 3.59. The molecule has 1 unspecified atom stereocenters. The van der Waals surface area contributed by atoms with E-state index in [2.05, 4.69) is 65.5 Å². The van der Waals surface area contributed by atoms with Crippen molar-refractivity contribution in [1.29, 1.82) is 0 Å². The molecule has 0 spiro atoms. The topological polar surface area (TPSA) is 47.1 Å². The van der Waals surface area contributed by atoms with Crippen LogP contribution in [0.1, 0.15) is 32.9 Å². The van der Waals surface area contributed by atoms with Crippen molar-refractivity contribution in [2.75, 3.05) is 20.6 Å². The third kappa shape index (κ3) is 5.24. The van der Waals surface area contributed by atoms with E-state index in [-0.39, 0.29) is 11.5 Å². The van der Waals surface area contributed by atoms with E-state index in [0.717, 1.165) is 30.4 Å². The second-order valence-corrected chi connectivity index (χ2v) is 7.33. The van der Waals surface area contributed by atoms with Crippen LogP contribution in [0.5, 0.6) is 0 Å². The van der Waals surface area contributed by atoms with E-state index in [9.17, 15) is 0 Å². The SMILES string of the molecule is CN(C)CCn1ncc(Br)c1CCC(N)C(C)(C)C. The molecule has 1 rings (SSSR count). The number of rotatable bonds is 6. The molecule has 19 heavy (non-hydrogen) atoms. The number of halogens is 1. The third-order valence-electron chi connectivity index (χ3n) is 3.46. The van der Waals surface area contributed by atoms with Crippen molar-refractivity contribution >= 4 is 15.9 Å². The summed E-state index contributed by atoms with van der Waals surface area (Å²) in [5.74, 6) is 0. The van der Waals surface area contributed by atoms with Crippen LogP contribution in [0.4, 0.5) is 0 Å². The minimum absolute atomic E-state index is 0.154. The lowest BCUT2D eigenvalue weighted by atomic mass is 9.84. The van der Waals surface area contributed by atoms with E-state index in [1.807, 2.05) is 6.20 Å². The van der Waals surface area contributed by atoms with Gasteiger partial charge in [0.15, 0.2) is 0 Å². The Balaban J connectivity index is 2.64. The van der Waals surface area contributed by atoms with Crippen molar-refractivity contribution in [3.05, 3.63) is 16.4 Å². The minimum atomic E-state index is 0.154. The fourth-order valence-electron chi connectivity index (χ4n) is 1.85. The molecule has 0 saturated heterocycles. The number of nitrogens with zero attached hydrogens (tertiary/aromatic N) is 3. The van der Waals surface area contributed by atoms with Crippen LogP contribution in [-0.2, 0) is 13.0 Å². The van der Waals surface area contributed by atoms with Gasteiger partial charge in [-0.25, -0.2) is 0 Å². The molecule has 5 heteroatoms. The lowest BCUT2D eigenvalue weighted by Gasteiger charge is -2.27. The molecule has 0 aliphatic heterocycles. The molecule has 2 N–H and O–H groups in total. The van der Waals surface area contributed by atoms with Crippen LogP contribution in [0.15, 0.2) is 10.7 Å². The van der Waals surface area contributed by atoms with Gasteiger partial charge >= 0.3 is 0 Å². The molecule has 0 amide bonds. The van der Waals surface area contributed by atoms with Gasteiger partial charge in [-0.2, -0.15) is 5.10 Å². The van der Waals surface area contributed by atoms with E-state index in [1.54, 1.807) is 0 Å². The average molecular weight is 331 g/mol. The summed E-state index contributed by atoms with van der Waals surface area (Å²) in [5.41, 5.74) is 7.64. The van der Waals surface area contributed by atoms with Gasteiger partial charge in [0, 0.05) is 12.6 Å². The summed E-state index contributed by atoms with van der Waals surface area (Å²) < 4.78 is 3.17. The van der Waals surface area contributed by atoms with E-state index < -0.39 is 0 Å². The normalized spacial score (nSPS) is 14.1. The zero-order chi connectivity index (χ0) is 14.6. The predicted molar refractivity (Wildman–Crippen MR) is 84.2 cm³/mol. The lowest BCUT2D eigenvalue weighted by molar-refractivity contribution is 0.303. The Morgan fingerprint density at radius 1 is 1.42 bits per heavy atom. The Kier molecular flexibility index (Phi) is 6.02. The van der Waals surface area contributed by atoms with E-state index >= 15 is 0 Å². The quantitative estimate of drug-likeness (QED) is 0.871. The van der Waals surface area contributed by atoms with Crippen molar-refractivity contribution in [2.24, 2.45) is 11.1 Å². The maximum Gasteiger partial charge on any atom is 0.0635 e. The molecule has 1 atom stereocenters. The van der Waals surface area contributed by atoms with Gasteiger partial charge in [0.2, 0.25) is 0 Å². The molecule has 1 aromatic rings. The largest absolute Gasteiger partial charge is 0.327 e.